The maximum Gasteiger partial charge on any atom is 0.279 e. The lowest BCUT2D eigenvalue weighted by Crippen LogP contribution is -2.25. The van der Waals surface area contributed by atoms with Gasteiger partial charge in [-0.3, -0.25) is 9.78 Å². The third-order valence-electron chi connectivity index (χ3n) is 5.66. The first-order valence-corrected chi connectivity index (χ1v) is 12.4. The van der Waals surface area contributed by atoms with Crippen LogP contribution in [0.2, 0.25) is 0 Å². The molecule has 0 saturated heterocycles. The molecular formula is C22H26N4O6S. The summed E-state index contributed by atoms with van der Waals surface area (Å²) in [6.45, 7) is -0.498. The number of hydrogen-bond acceptors (Lipinski definition) is 9. The summed E-state index contributed by atoms with van der Waals surface area (Å²) in [6.07, 6.45) is 6.41. The predicted octanol–water partition coefficient (Wildman–Crippen LogP) is 1.74. The number of anilines is 1. The molecule has 1 atom stereocenters. The zero-order chi connectivity index (χ0) is 23.4. The normalized spacial score (nSPS) is 18.2. The molecule has 2 saturated carbocycles. The van der Waals surface area contributed by atoms with E-state index in [1.807, 2.05) is 0 Å². The molecule has 33 heavy (non-hydrogen) atoms. The summed E-state index contributed by atoms with van der Waals surface area (Å²) in [4.78, 5) is 26.8. The number of aliphatic hydroxyl groups is 2. The monoisotopic (exact) mass is 474 g/mol. The first-order chi connectivity index (χ1) is 15.9. The van der Waals surface area contributed by atoms with Crippen molar-refractivity contribution in [2.75, 3.05) is 11.9 Å². The number of sulfone groups is 1. The minimum atomic E-state index is -3.34. The van der Waals surface area contributed by atoms with E-state index in [2.05, 4.69) is 20.4 Å². The van der Waals surface area contributed by atoms with Gasteiger partial charge in [0.15, 0.2) is 21.4 Å². The molecule has 1 aromatic carbocycles. The van der Waals surface area contributed by atoms with Crippen molar-refractivity contribution >= 4 is 27.3 Å². The van der Waals surface area contributed by atoms with Gasteiger partial charge in [-0.1, -0.05) is 17.3 Å². The number of benzene rings is 1. The molecule has 0 radical (unpaired) electrons. The Bertz CT molecular complexity index is 1110. The van der Waals surface area contributed by atoms with E-state index in [1.165, 1.54) is 36.7 Å². The molecule has 0 bridgehead atoms. The van der Waals surface area contributed by atoms with Crippen LogP contribution in [0.15, 0.2) is 46.7 Å². The highest BCUT2D eigenvalue weighted by Crippen LogP contribution is 2.33. The van der Waals surface area contributed by atoms with E-state index >= 15 is 0 Å². The second kappa shape index (κ2) is 9.94. The Morgan fingerprint density at radius 1 is 1.12 bits per heavy atom. The lowest BCUT2D eigenvalue weighted by atomic mass is 10.1. The van der Waals surface area contributed by atoms with Gasteiger partial charge in [-0.05, 0) is 50.7 Å². The Labute approximate surface area is 191 Å². The molecule has 0 aliphatic heterocycles. The standard InChI is InChI=1S/C22H26N4O6S/c27-13-19(28)18-11-24-20(12-23-18)25-22(29)21(26-32-15-3-1-2-4-15)14-5-7-16(8-6-14)33(30,31)17-9-10-17/h5-8,11-12,15,17,19,27-28H,1-4,9-10,13H2,(H,24,25,29). The van der Waals surface area contributed by atoms with E-state index in [0.29, 0.717) is 18.4 Å². The predicted molar refractivity (Wildman–Crippen MR) is 119 cm³/mol. The minimum absolute atomic E-state index is 0.0152. The number of aromatic nitrogens is 2. The van der Waals surface area contributed by atoms with Gasteiger partial charge in [-0.25, -0.2) is 13.4 Å². The third kappa shape index (κ3) is 5.55. The fourth-order valence-corrected chi connectivity index (χ4v) is 5.22. The summed E-state index contributed by atoms with van der Waals surface area (Å²) in [7, 11) is -3.34. The second-order valence-electron chi connectivity index (χ2n) is 8.20. The number of carbonyl (C=O) groups is 1. The van der Waals surface area contributed by atoms with Gasteiger partial charge in [0.05, 0.1) is 34.8 Å². The van der Waals surface area contributed by atoms with Crippen molar-refractivity contribution in [3.63, 3.8) is 0 Å². The molecule has 176 valence electrons. The Morgan fingerprint density at radius 3 is 2.39 bits per heavy atom. The van der Waals surface area contributed by atoms with Crippen molar-refractivity contribution in [3.05, 3.63) is 47.9 Å². The molecule has 1 unspecified atom stereocenters. The number of aliphatic hydroxyl groups excluding tert-OH is 2. The molecular weight excluding hydrogens is 448 g/mol. The molecule has 2 aliphatic carbocycles. The van der Waals surface area contributed by atoms with Crippen molar-refractivity contribution in [3.8, 4) is 0 Å². The van der Waals surface area contributed by atoms with Gasteiger partial charge in [-0.2, -0.15) is 0 Å². The van der Waals surface area contributed by atoms with E-state index in [0.717, 1.165) is 25.7 Å². The van der Waals surface area contributed by atoms with E-state index in [-0.39, 0.29) is 33.5 Å². The van der Waals surface area contributed by atoms with Crippen LogP contribution in [0.1, 0.15) is 55.9 Å². The highest BCUT2D eigenvalue weighted by atomic mass is 32.2. The SMILES string of the molecule is O=C(Nc1cnc(C(O)CO)cn1)C(=NOC1CCCC1)c1ccc(S(=O)(=O)C2CC2)cc1. The van der Waals surface area contributed by atoms with Crippen molar-refractivity contribution in [1.82, 2.24) is 9.97 Å². The summed E-state index contributed by atoms with van der Waals surface area (Å²) >= 11 is 0. The molecule has 10 nitrogen and oxygen atoms in total. The molecule has 1 amide bonds. The molecule has 4 rings (SSSR count). The largest absolute Gasteiger partial charge is 0.393 e. The van der Waals surface area contributed by atoms with E-state index in [1.54, 1.807) is 0 Å². The Morgan fingerprint density at radius 2 is 1.82 bits per heavy atom. The minimum Gasteiger partial charge on any atom is -0.393 e. The Hall–Kier alpha value is -2.89. The highest BCUT2D eigenvalue weighted by molar-refractivity contribution is 7.92. The van der Waals surface area contributed by atoms with Crippen LogP contribution >= 0.6 is 0 Å². The van der Waals surface area contributed by atoms with Gasteiger partial charge >= 0.3 is 0 Å². The summed E-state index contributed by atoms with van der Waals surface area (Å²) in [6, 6.07) is 6.04. The number of rotatable bonds is 9. The number of amides is 1. The maximum atomic E-state index is 13.0. The van der Waals surface area contributed by atoms with Crippen LogP contribution in [0.4, 0.5) is 5.82 Å². The van der Waals surface area contributed by atoms with E-state index in [4.69, 9.17) is 9.94 Å². The van der Waals surface area contributed by atoms with Crippen LogP contribution in [-0.4, -0.2) is 58.2 Å². The van der Waals surface area contributed by atoms with Gasteiger partial charge in [0.1, 0.15) is 12.2 Å². The molecule has 11 heteroatoms. The van der Waals surface area contributed by atoms with Crippen LogP contribution in [0.5, 0.6) is 0 Å². The van der Waals surface area contributed by atoms with Crippen molar-refractivity contribution < 1.29 is 28.3 Å². The topological polar surface area (TPSA) is 151 Å². The van der Waals surface area contributed by atoms with Gasteiger partial charge in [0.2, 0.25) is 0 Å². The van der Waals surface area contributed by atoms with Crippen LogP contribution in [0, 0.1) is 0 Å². The summed E-state index contributed by atoms with van der Waals surface area (Å²) in [5.74, 6) is -0.481. The quantitative estimate of drug-likeness (QED) is 0.367. The number of carbonyl (C=O) groups excluding carboxylic acids is 1. The summed E-state index contributed by atoms with van der Waals surface area (Å²) in [5.41, 5.74) is 0.556. The zero-order valence-corrected chi connectivity index (χ0v) is 18.7. The van der Waals surface area contributed by atoms with Crippen LogP contribution in [0.3, 0.4) is 0 Å². The first kappa shape index (κ1) is 23.3. The smallest absolute Gasteiger partial charge is 0.279 e. The average molecular weight is 475 g/mol. The lowest BCUT2D eigenvalue weighted by Gasteiger charge is -2.12. The average Bonchev–Trinajstić information content (AvgIpc) is 3.57. The number of hydrogen-bond donors (Lipinski definition) is 3. The third-order valence-corrected chi connectivity index (χ3v) is 7.94. The molecule has 2 fully saturated rings. The number of nitrogens with zero attached hydrogens (tertiary/aromatic N) is 3. The van der Waals surface area contributed by atoms with E-state index in [9.17, 15) is 18.3 Å². The van der Waals surface area contributed by atoms with Gasteiger partial charge in [0.25, 0.3) is 5.91 Å². The maximum absolute atomic E-state index is 13.0. The van der Waals surface area contributed by atoms with Crippen LogP contribution < -0.4 is 5.32 Å². The Kier molecular flexibility index (Phi) is 7.01. The Balaban J connectivity index is 1.55. The fourth-order valence-electron chi connectivity index (χ4n) is 3.56. The molecule has 2 aromatic rings. The lowest BCUT2D eigenvalue weighted by molar-refractivity contribution is -0.110. The van der Waals surface area contributed by atoms with Gasteiger partial charge in [-0.15, -0.1) is 0 Å². The molecule has 1 heterocycles. The molecule has 2 aliphatic rings. The summed E-state index contributed by atoms with van der Waals surface area (Å²) < 4.78 is 24.9. The van der Waals surface area contributed by atoms with Crippen molar-refractivity contribution in [2.45, 2.75) is 60.9 Å². The zero-order valence-electron chi connectivity index (χ0n) is 17.9. The first-order valence-electron chi connectivity index (χ1n) is 10.9. The van der Waals surface area contributed by atoms with Gasteiger partial charge in [0, 0.05) is 5.56 Å². The van der Waals surface area contributed by atoms with Crippen molar-refractivity contribution in [2.24, 2.45) is 5.16 Å². The number of nitrogens with one attached hydrogen (secondary N) is 1. The molecule has 0 spiro atoms. The fraction of sp³-hybridized carbons (Fsp3) is 0.455. The molecule has 3 N–H and O–H groups in total. The second-order valence-corrected chi connectivity index (χ2v) is 10.4. The summed E-state index contributed by atoms with van der Waals surface area (Å²) in [5, 5.41) is 25.0. The van der Waals surface area contributed by atoms with Gasteiger partial charge < -0.3 is 20.4 Å². The van der Waals surface area contributed by atoms with Crippen LogP contribution in [0.25, 0.3) is 0 Å². The van der Waals surface area contributed by atoms with Crippen LogP contribution in [-0.2, 0) is 19.5 Å². The van der Waals surface area contributed by atoms with Crippen molar-refractivity contribution in [1.29, 1.82) is 0 Å². The van der Waals surface area contributed by atoms with E-state index < -0.39 is 28.5 Å². The number of oxime groups is 1. The highest BCUT2D eigenvalue weighted by Gasteiger charge is 2.36. The molecule has 1 aromatic heterocycles.